The van der Waals surface area contributed by atoms with Crippen LogP contribution in [0.3, 0.4) is 0 Å². The van der Waals surface area contributed by atoms with Gasteiger partial charge in [-0.05, 0) is 25.5 Å². The van der Waals surface area contributed by atoms with Crippen LogP contribution in [0.5, 0.6) is 0 Å². The summed E-state index contributed by atoms with van der Waals surface area (Å²) in [6, 6.07) is 6.55. The Bertz CT molecular complexity index is 528. The highest BCUT2D eigenvalue weighted by Gasteiger charge is 2.26. The normalized spacial score (nSPS) is 12.8. The molecule has 98 valence electrons. The van der Waals surface area contributed by atoms with Gasteiger partial charge < -0.3 is 0 Å². The quantitative estimate of drug-likeness (QED) is 0.588. The van der Waals surface area contributed by atoms with Crippen LogP contribution >= 0.6 is 0 Å². The van der Waals surface area contributed by atoms with Crippen molar-refractivity contribution in [3.05, 3.63) is 29.8 Å². The summed E-state index contributed by atoms with van der Waals surface area (Å²) in [5.41, 5.74) is 0.984. The van der Waals surface area contributed by atoms with Crippen LogP contribution < -0.4 is 0 Å². The lowest BCUT2D eigenvalue weighted by Crippen LogP contribution is -2.19. The largest absolute Gasteiger partial charge is 0.236 e. The standard InChI is InChI=1S/C13H17NO3S/c1-3-4-5-13(14-10-15)18(16,17)12-8-6-11(2)7-9-12/h6-9,13H,3-5H2,1-2H3/t13-/m1/s1. The number of hydrogen-bond acceptors (Lipinski definition) is 4. The van der Waals surface area contributed by atoms with Crippen molar-refractivity contribution in [2.24, 2.45) is 4.99 Å². The smallest absolute Gasteiger partial charge is 0.221 e. The molecule has 0 amide bonds. The topological polar surface area (TPSA) is 63.6 Å². The van der Waals surface area contributed by atoms with Crippen molar-refractivity contribution in [3.8, 4) is 0 Å². The molecular weight excluding hydrogens is 250 g/mol. The van der Waals surface area contributed by atoms with Gasteiger partial charge in [0, 0.05) is 0 Å². The van der Waals surface area contributed by atoms with Crippen molar-refractivity contribution in [2.75, 3.05) is 0 Å². The molecule has 1 rings (SSSR count). The maximum Gasteiger partial charge on any atom is 0.236 e. The SMILES string of the molecule is CCCC[C@H](N=C=O)S(=O)(=O)c1ccc(C)cc1. The van der Waals surface area contributed by atoms with E-state index in [2.05, 4.69) is 4.99 Å². The van der Waals surface area contributed by atoms with Crippen LogP contribution in [-0.4, -0.2) is 19.9 Å². The molecule has 1 aromatic rings. The van der Waals surface area contributed by atoms with Crippen molar-refractivity contribution < 1.29 is 13.2 Å². The minimum absolute atomic E-state index is 0.202. The Hall–Kier alpha value is -1.45. The summed E-state index contributed by atoms with van der Waals surface area (Å²) in [7, 11) is -3.58. The monoisotopic (exact) mass is 267 g/mol. The maximum absolute atomic E-state index is 12.3. The number of aryl methyl sites for hydroxylation is 1. The van der Waals surface area contributed by atoms with E-state index in [-0.39, 0.29) is 4.90 Å². The van der Waals surface area contributed by atoms with Crippen molar-refractivity contribution in [1.82, 2.24) is 0 Å². The average molecular weight is 267 g/mol. The molecule has 0 fully saturated rings. The third kappa shape index (κ3) is 3.52. The summed E-state index contributed by atoms with van der Waals surface area (Å²) in [5, 5.41) is -1.02. The van der Waals surface area contributed by atoms with Crippen LogP contribution in [0.4, 0.5) is 0 Å². The van der Waals surface area contributed by atoms with Crippen LogP contribution in [0, 0.1) is 6.92 Å². The van der Waals surface area contributed by atoms with E-state index in [1.165, 1.54) is 6.08 Å². The Labute approximate surface area is 108 Å². The minimum atomic E-state index is -3.58. The van der Waals surface area contributed by atoms with Gasteiger partial charge in [0.2, 0.25) is 15.9 Å². The number of benzene rings is 1. The van der Waals surface area contributed by atoms with E-state index in [1.807, 2.05) is 13.8 Å². The number of hydrogen-bond donors (Lipinski definition) is 0. The van der Waals surface area contributed by atoms with Gasteiger partial charge >= 0.3 is 0 Å². The number of carbonyl (C=O) groups excluding carboxylic acids is 1. The maximum atomic E-state index is 12.3. The third-order valence-corrected chi connectivity index (χ3v) is 4.70. The summed E-state index contributed by atoms with van der Waals surface area (Å²) in [4.78, 5) is 14.0. The van der Waals surface area contributed by atoms with Crippen LogP contribution in [0.25, 0.3) is 0 Å². The fourth-order valence-electron chi connectivity index (χ4n) is 1.61. The van der Waals surface area contributed by atoms with E-state index < -0.39 is 15.2 Å². The zero-order valence-corrected chi connectivity index (χ0v) is 11.4. The Morgan fingerprint density at radius 2 is 1.89 bits per heavy atom. The Balaban J connectivity index is 3.08. The third-order valence-electron chi connectivity index (χ3n) is 2.71. The second kappa shape index (κ2) is 6.47. The highest BCUT2D eigenvalue weighted by atomic mass is 32.2. The summed E-state index contributed by atoms with van der Waals surface area (Å²) in [6.45, 7) is 3.84. The summed E-state index contributed by atoms with van der Waals surface area (Å²) in [5.74, 6) is 0. The van der Waals surface area contributed by atoms with Gasteiger partial charge in [-0.1, -0.05) is 37.5 Å². The Morgan fingerprint density at radius 3 is 2.39 bits per heavy atom. The molecule has 0 radical (unpaired) electrons. The molecule has 0 aliphatic carbocycles. The lowest BCUT2D eigenvalue weighted by Gasteiger charge is -2.11. The number of nitrogens with zero attached hydrogens (tertiary/aromatic N) is 1. The van der Waals surface area contributed by atoms with Crippen LogP contribution in [0.2, 0.25) is 0 Å². The van der Waals surface area contributed by atoms with E-state index in [1.54, 1.807) is 24.3 Å². The first-order chi connectivity index (χ1) is 8.52. The fourth-order valence-corrected chi connectivity index (χ4v) is 3.10. The van der Waals surface area contributed by atoms with Gasteiger partial charge in [-0.2, -0.15) is 4.99 Å². The molecule has 0 saturated carbocycles. The lowest BCUT2D eigenvalue weighted by molar-refractivity contribution is 0.548. The van der Waals surface area contributed by atoms with Crippen LogP contribution in [0.15, 0.2) is 34.2 Å². The molecule has 0 N–H and O–H groups in total. The summed E-state index contributed by atoms with van der Waals surface area (Å²) >= 11 is 0. The minimum Gasteiger partial charge on any atom is -0.221 e. The number of unbranched alkanes of at least 4 members (excludes halogenated alkanes) is 1. The Kier molecular flexibility index (Phi) is 5.25. The highest BCUT2D eigenvalue weighted by molar-refractivity contribution is 7.92. The van der Waals surface area contributed by atoms with Crippen molar-refractivity contribution in [1.29, 1.82) is 0 Å². The van der Waals surface area contributed by atoms with Gasteiger partial charge in [-0.3, -0.25) is 0 Å². The first-order valence-electron chi connectivity index (χ1n) is 5.90. The predicted molar refractivity (Wildman–Crippen MR) is 69.8 cm³/mol. The van der Waals surface area contributed by atoms with E-state index in [0.717, 1.165) is 12.0 Å². The number of isocyanates is 1. The molecule has 0 saturated heterocycles. The number of aliphatic imine (C=N–C) groups is 1. The van der Waals surface area contributed by atoms with Gasteiger partial charge in [0.15, 0.2) is 5.37 Å². The first kappa shape index (κ1) is 14.6. The van der Waals surface area contributed by atoms with Gasteiger partial charge in [-0.15, -0.1) is 0 Å². The number of rotatable bonds is 6. The molecule has 5 heteroatoms. The van der Waals surface area contributed by atoms with Gasteiger partial charge in [-0.25, -0.2) is 13.2 Å². The van der Waals surface area contributed by atoms with E-state index in [0.29, 0.717) is 12.8 Å². The molecule has 1 aromatic carbocycles. The van der Waals surface area contributed by atoms with E-state index >= 15 is 0 Å². The lowest BCUT2D eigenvalue weighted by atomic mass is 10.2. The van der Waals surface area contributed by atoms with Crippen LogP contribution in [0.1, 0.15) is 31.7 Å². The molecule has 0 spiro atoms. The molecule has 0 aromatic heterocycles. The number of sulfone groups is 1. The molecular formula is C13H17NO3S. The molecule has 0 aliphatic rings. The predicted octanol–water partition coefficient (Wildman–Crippen LogP) is 2.62. The van der Waals surface area contributed by atoms with Gasteiger partial charge in [0.05, 0.1) is 4.90 Å². The average Bonchev–Trinajstić information content (AvgIpc) is 2.35. The van der Waals surface area contributed by atoms with Crippen molar-refractivity contribution in [3.63, 3.8) is 0 Å². The van der Waals surface area contributed by atoms with Crippen molar-refractivity contribution in [2.45, 2.75) is 43.4 Å². The second-order valence-electron chi connectivity index (χ2n) is 4.18. The molecule has 1 atom stereocenters. The van der Waals surface area contributed by atoms with Crippen molar-refractivity contribution >= 4 is 15.9 Å². The fraction of sp³-hybridized carbons (Fsp3) is 0.462. The molecule has 0 bridgehead atoms. The Morgan fingerprint density at radius 1 is 1.28 bits per heavy atom. The molecule has 0 unspecified atom stereocenters. The van der Waals surface area contributed by atoms with E-state index in [4.69, 9.17) is 0 Å². The van der Waals surface area contributed by atoms with Gasteiger partial charge in [0.1, 0.15) is 0 Å². The second-order valence-corrected chi connectivity index (χ2v) is 6.28. The van der Waals surface area contributed by atoms with Crippen LogP contribution in [-0.2, 0) is 14.6 Å². The zero-order valence-electron chi connectivity index (χ0n) is 10.6. The molecule has 18 heavy (non-hydrogen) atoms. The summed E-state index contributed by atoms with van der Waals surface area (Å²) < 4.78 is 24.5. The van der Waals surface area contributed by atoms with Gasteiger partial charge in [0.25, 0.3) is 0 Å². The molecule has 0 aliphatic heterocycles. The first-order valence-corrected chi connectivity index (χ1v) is 7.44. The molecule has 0 heterocycles. The highest BCUT2D eigenvalue weighted by Crippen LogP contribution is 2.21. The summed E-state index contributed by atoms with van der Waals surface area (Å²) in [6.07, 6.45) is 3.27. The zero-order chi connectivity index (χ0) is 13.6. The van der Waals surface area contributed by atoms with E-state index in [9.17, 15) is 13.2 Å². The molecule has 4 nitrogen and oxygen atoms in total.